The van der Waals surface area contributed by atoms with E-state index in [-0.39, 0.29) is 17.2 Å². The molecule has 0 aliphatic heterocycles. The van der Waals surface area contributed by atoms with Gasteiger partial charge in [-0.2, -0.15) is 13.9 Å². The number of rotatable bonds is 6. The molecule has 118 valence electrons. The third-order valence-corrected chi connectivity index (χ3v) is 3.07. The number of aromatic nitrogens is 2. The molecule has 0 spiro atoms. The molecule has 0 unspecified atom stereocenters. The Balaban J connectivity index is 2.06. The number of halogens is 2. The van der Waals surface area contributed by atoms with E-state index in [0.717, 1.165) is 12.2 Å². The Morgan fingerprint density at radius 2 is 2.18 bits per heavy atom. The molecule has 0 aliphatic rings. The van der Waals surface area contributed by atoms with Gasteiger partial charge in [0.2, 0.25) is 0 Å². The molecule has 1 amide bonds. The van der Waals surface area contributed by atoms with Crippen LogP contribution in [0.1, 0.15) is 23.0 Å². The molecule has 1 aromatic heterocycles. The Morgan fingerprint density at radius 3 is 2.82 bits per heavy atom. The molecule has 2 aromatic rings. The van der Waals surface area contributed by atoms with Crippen LogP contribution in [0.5, 0.6) is 5.75 Å². The van der Waals surface area contributed by atoms with Crippen LogP contribution in [0.2, 0.25) is 0 Å². The lowest BCUT2D eigenvalue weighted by Crippen LogP contribution is -2.26. The van der Waals surface area contributed by atoms with E-state index in [9.17, 15) is 13.6 Å². The molecule has 0 saturated carbocycles. The average Bonchev–Trinajstić information content (AvgIpc) is 2.93. The zero-order valence-electron chi connectivity index (χ0n) is 12.4. The Labute approximate surface area is 127 Å². The minimum Gasteiger partial charge on any atom is -0.435 e. The standard InChI is InChI=1S/C15H17F2N3O2/c1-3-20-8-7-12(18-20)10-19(2)14(21)11-5-4-6-13(9-11)22-15(16)17/h4-9,15H,3,10H2,1-2H3. The van der Waals surface area contributed by atoms with Crippen molar-refractivity contribution in [2.45, 2.75) is 26.6 Å². The van der Waals surface area contributed by atoms with E-state index in [4.69, 9.17) is 0 Å². The summed E-state index contributed by atoms with van der Waals surface area (Å²) < 4.78 is 30.5. The molecule has 1 aromatic carbocycles. The maximum Gasteiger partial charge on any atom is 0.387 e. The van der Waals surface area contributed by atoms with E-state index >= 15 is 0 Å². The molecule has 2 rings (SSSR count). The second-order valence-corrected chi connectivity index (χ2v) is 4.73. The highest BCUT2D eigenvalue weighted by Gasteiger charge is 2.15. The number of ether oxygens (including phenoxy) is 1. The van der Waals surface area contributed by atoms with E-state index in [0.29, 0.717) is 6.54 Å². The van der Waals surface area contributed by atoms with Gasteiger partial charge >= 0.3 is 6.61 Å². The quantitative estimate of drug-likeness (QED) is 0.824. The summed E-state index contributed by atoms with van der Waals surface area (Å²) in [5.41, 5.74) is 1.05. The zero-order chi connectivity index (χ0) is 16.1. The lowest BCUT2D eigenvalue weighted by atomic mass is 10.2. The van der Waals surface area contributed by atoms with Crippen LogP contribution < -0.4 is 4.74 Å². The molecule has 22 heavy (non-hydrogen) atoms. The summed E-state index contributed by atoms with van der Waals surface area (Å²) >= 11 is 0. The SMILES string of the molecule is CCn1ccc(CN(C)C(=O)c2cccc(OC(F)F)c2)n1. The number of carbonyl (C=O) groups excluding carboxylic acids is 1. The fourth-order valence-corrected chi connectivity index (χ4v) is 2.00. The zero-order valence-corrected chi connectivity index (χ0v) is 12.4. The van der Waals surface area contributed by atoms with E-state index in [1.54, 1.807) is 17.8 Å². The fraction of sp³-hybridized carbons (Fsp3) is 0.333. The maximum absolute atomic E-state index is 12.3. The van der Waals surface area contributed by atoms with E-state index < -0.39 is 6.61 Å². The van der Waals surface area contributed by atoms with Gasteiger partial charge in [-0.05, 0) is 31.2 Å². The summed E-state index contributed by atoms with van der Waals surface area (Å²) in [6, 6.07) is 7.58. The number of alkyl halides is 2. The molecule has 0 N–H and O–H groups in total. The van der Waals surface area contributed by atoms with Gasteiger partial charge in [-0.15, -0.1) is 0 Å². The number of carbonyl (C=O) groups is 1. The highest BCUT2D eigenvalue weighted by Crippen LogP contribution is 2.17. The molecule has 5 nitrogen and oxygen atoms in total. The second-order valence-electron chi connectivity index (χ2n) is 4.73. The predicted molar refractivity (Wildman–Crippen MR) is 76.8 cm³/mol. The summed E-state index contributed by atoms with van der Waals surface area (Å²) in [7, 11) is 1.63. The van der Waals surface area contributed by atoms with Gasteiger partial charge in [-0.1, -0.05) is 6.07 Å². The highest BCUT2D eigenvalue weighted by molar-refractivity contribution is 5.94. The molecule has 0 aliphatic carbocycles. The Bertz CT molecular complexity index is 643. The highest BCUT2D eigenvalue weighted by atomic mass is 19.3. The van der Waals surface area contributed by atoms with Gasteiger partial charge < -0.3 is 9.64 Å². The summed E-state index contributed by atoms with van der Waals surface area (Å²) in [5, 5.41) is 4.30. The molecule has 0 saturated heterocycles. The molecular formula is C15H17F2N3O2. The lowest BCUT2D eigenvalue weighted by Gasteiger charge is -2.16. The normalized spacial score (nSPS) is 10.8. The fourth-order valence-electron chi connectivity index (χ4n) is 2.00. The van der Waals surface area contributed by atoms with Crippen molar-refractivity contribution in [1.82, 2.24) is 14.7 Å². The minimum absolute atomic E-state index is 0.0375. The van der Waals surface area contributed by atoms with Crippen molar-refractivity contribution < 1.29 is 18.3 Å². The predicted octanol–water partition coefficient (Wildman–Crippen LogP) is 2.78. The number of benzene rings is 1. The van der Waals surface area contributed by atoms with E-state index in [2.05, 4.69) is 9.84 Å². The summed E-state index contributed by atoms with van der Waals surface area (Å²) in [6.45, 7) is 0.150. The van der Waals surface area contributed by atoms with Gasteiger partial charge in [0, 0.05) is 25.4 Å². The number of nitrogens with zero attached hydrogens (tertiary/aromatic N) is 3. The van der Waals surface area contributed by atoms with Crippen molar-refractivity contribution in [3.63, 3.8) is 0 Å². The molecular weight excluding hydrogens is 292 g/mol. The van der Waals surface area contributed by atoms with Crippen molar-refractivity contribution in [2.75, 3.05) is 7.05 Å². The van der Waals surface area contributed by atoms with Crippen LogP contribution in [0.15, 0.2) is 36.5 Å². The van der Waals surface area contributed by atoms with Gasteiger partial charge in [0.25, 0.3) is 5.91 Å². The molecule has 0 atom stereocenters. The van der Waals surface area contributed by atoms with Gasteiger partial charge in [0.05, 0.1) is 12.2 Å². The lowest BCUT2D eigenvalue weighted by molar-refractivity contribution is -0.0499. The molecule has 0 bridgehead atoms. The second kappa shape index (κ2) is 7.02. The molecule has 7 heteroatoms. The Kier molecular flexibility index (Phi) is 5.08. The number of hydrogen-bond donors (Lipinski definition) is 0. The summed E-state index contributed by atoms with van der Waals surface area (Å²) in [5.74, 6) is -0.324. The van der Waals surface area contributed by atoms with Gasteiger partial charge in [0.1, 0.15) is 5.75 Å². The molecule has 0 fully saturated rings. The maximum atomic E-state index is 12.3. The van der Waals surface area contributed by atoms with Crippen LogP contribution in [-0.2, 0) is 13.1 Å². The van der Waals surface area contributed by atoms with Crippen molar-refractivity contribution >= 4 is 5.91 Å². The largest absolute Gasteiger partial charge is 0.435 e. The van der Waals surface area contributed by atoms with Crippen LogP contribution in [0.25, 0.3) is 0 Å². The average molecular weight is 309 g/mol. The smallest absolute Gasteiger partial charge is 0.387 e. The topological polar surface area (TPSA) is 47.4 Å². The first kappa shape index (κ1) is 15.9. The van der Waals surface area contributed by atoms with Gasteiger partial charge in [-0.25, -0.2) is 0 Å². The molecule has 1 heterocycles. The number of hydrogen-bond acceptors (Lipinski definition) is 3. The number of amides is 1. The summed E-state index contributed by atoms with van der Waals surface area (Å²) in [6.07, 6.45) is 1.84. The summed E-state index contributed by atoms with van der Waals surface area (Å²) in [4.78, 5) is 13.8. The Morgan fingerprint density at radius 1 is 1.41 bits per heavy atom. The van der Waals surface area contributed by atoms with Crippen molar-refractivity contribution in [2.24, 2.45) is 0 Å². The monoisotopic (exact) mass is 309 g/mol. The van der Waals surface area contributed by atoms with Gasteiger partial charge in [-0.3, -0.25) is 9.48 Å². The van der Waals surface area contributed by atoms with Crippen LogP contribution in [0.4, 0.5) is 8.78 Å². The Hall–Kier alpha value is -2.44. The van der Waals surface area contributed by atoms with Crippen LogP contribution in [0.3, 0.4) is 0 Å². The van der Waals surface area contributed by atoms with E-state index in [1.807, 2.05) is 19.2 Å². The third-order valence-electron chi connectivity index (χ3n) is 3.07. The minimum atomic E-state index is -2.92. The van der Waals surface area contributed by atoms with Gasteiger partial charge in [0.15, 0.2) is 0 Å². The number of aryl methyl sites for hydroxylation is 1. The van der Waals surface area contributed by atoms with Crippen molar-refractivity contribution in [1.29, 1.82) is 0 Å². The van der Waals surface area contributed by atoms with E-state index in [1.165, 1.54) is 23.1 Å². The van der Waals surface area contributed by atoms with Crippen LogP contribution in [0, 0.1) is 0 Å². The van der Waals surface area contributed by atoms with Crippen molar-refractivity contribution in [3.8, 4) is 5.75 Å². The third kappa shape index (κ3) is 4.03. The van der Waals surface area contributed by atoms with Crippen molar-refractivity contribution in [3.05, 3.63) is 47.8 Å². The first-order chi connectivity index (χ1) is 10.5. The van der Waals surface area contributed by atoms with Crippen LogP contribution in [-0.4, -0.2) is 34.2 Å². The first-order valence-corrected chi connectivity index (χ1v) is 6.82. The first-order valence-electron chi connectivity index (χ1n) is 6.82. The molecule has 0 radical (unpaired) electrons. The van der Waals surface area contributed by atoms with Crippen LogP contribution >= 0.6 is 0 Å².